The zero-order chi connectivity index (χ0) is 13.9. The summed E-state index contributed by atoms with van der Waals surface area (Å²) in [6.07, 6.45) is 2.98. The second-order valence-corrected chi connectivity index (χ2v) is 4.85. The van der Waals surface area contributed by atoms with Crippen LogP contribution in [0.4, 0.5) is 16.2 Å². The molecule has 2 aromatic heterocycles. The lowest BCUT2D eigenvalue weighted by atomic mass is 10.3. The zero-order valence-electron chi connectivity index (χ0n) is 10.2. The highest BCUT2D eigenvalue weighted by Gasteiger charge is 2.09. The minimum absolute atomic E-state index is 0.134. The number of benzene rings is 1. The molecule has 1 aromatic carbocycles. The molecule has 0 radical (unpaired) electrons. The lowest BCUT2D eigenvalue weighted by Gasteiger charge is -2.06. The first-order chi connectivity index (χ1) is 9.74. The Kier molecular flexibility index (Phi) is 3.18. The minimum atomic E-state index is -0.481. The van der Waals surface area contributed by atoms with E-state index in [0.29, 0.717) is 10.6 Å². The summed E-state index contributed by atoms with van der Waals surface area (Å²) in [4.78, 5) is 28.6. The van der Waals surface area contributed by atoms with E-state index in [4.69, 9.17) is 0 Å². The molecule has 0 spiro atoms. The van der Waals surface area contributed by atoms with Gasteiger partial charge in [0.2, 0.25) is 0 Å². The highest BCUT2D eigenvalue weighted by molar-refractivity contribution is 7.15. The number of aromatic nitrogens is 2. The third-order valence-corrected chi connectivity index (χ3v) is 3.39. The highest BCUT2D eigenvalue weighted by Crippen LogP contribution is 2.09. The number of amides is 2. The molecule has 0 aliphatic heterocycles. The Bertz CT molecular complexity index is 810. The largest absolute Gasteiger partial charge is 0.323 e. The van der Waals surface area contributed by atoms with Gasteiger partial charge >= 0.3 is 6.03 Å². The number of thiazole rings is 1. The molecule has 0 bridgehead atoms. The van der Waals surface area contributed by atoms with Crippen molar-refractivity contribution in [3.05, 3.63) is 58.5 Å². The van der Waals surface area contributed by atoms with Crippen molar-refractivity contribution in [2.24, 2.45) is 0 Å². The minimum Gasteiger partial charge on any atom is -0.308 e. The molecule has 100 valence electrons. The number of carbonyl (C=O) groups excluding carboxylic acids is 1. The smallest absolute Gasteiger partial charge is 0.308 e. The van der Waals surface area contributed by atoms with E-state index in [1.165, 1.54) is 21.9 Å². The molecule has 2 amide bonds. The number of rotatable bonds is 2. The molecule has 20 heavy (non-hydrogen) atoms. The van der Waals surface area contributed by atoms with Crippen molar-refractivity contribution >= 4 is 33.7 Å². The number of carbonyl (C=O) groups is 1. The Morgan fingerprint density at radius 2 is 2.00 bits per heavy atom. The number of nitrogens with one attached hydrogen (secondary N) is 2. The lowest BCUT2D eigenvalue weighted by molar-refractivity contribution is 0.262. The molecular formula is C13H10N4O2S. The average Bonchev–Trinajstić information content (AvgIpc) is 2.92. The number of nitrogens with zero attached hydrogens (tertiary/aromatic N) is 2. The Morgan fingerprint density at radius 3 is 2.80 bits per heavy atom. The lowest BCUT2D eigenvalue weighted by Crippen LogP contribution is -2.25. The van der Waals surface area contributed by atoms with Crippen LogP contribution >= 0.6 is 11.3 Å². The first-order valence-electron chi connectivity index (χ1n) is 5.82. The van der Waals surface area contributed by atoms with Crippen molar-refractivity contribution in [1.29, 1.82) is 0 Å². The van der Waals surface area contributed by atoms with Gasteiger partial charge in [-0.05, 0) is 12.1 Å². The van der Waals surface area contributed by atoms with Crippen molar-refractivity contribution in [1.82, 2.24) is 9.38 Å². The number of hydrogen-bond acceptors (Lipinski definition) is 4. The Labute approximate surface area is 117 Å². The van der Waals surface area contributed by atoms with Gasteiger partial charge < -0.3 is 10.6 Å². The van der Waals surface area contributed by atoms with Crippen LogP contribution in [-0.4, -0.2) is 15.4 Å². The molecule has 0 aliphatic carbocycles. The Morgan fingerprint density at radius 1 is 1.20 bits per heavy atom. The predicted octanol–water partition coefficient (Wildman–Crippen LogP) is 2.40. The van der Waals surface area contributed by atoms with E-state index in [2.05, 4.69) is 15.6 Å². The summed E-state index contributed by atoms with van der Waals surface area (Å²) in [5.74, 6) is 0. The van der Waals surface area contributed by atoms with Crippen LogP contribution in [0.25, 0.3) is 4.96 Å². The van der Waals surface area contributed by atoms with Crippen LogP contribution in [-0.2, 0) is 0 Å². The average molecular weight is 286 g/mol. The third-order valence-electron chi connectivity index (χ3n) is 2.62. The third kappa shape index (κ3) is 2.39. The van der Waals surface area contributed by atoms with Gasteiger partial charge in [0.15, 0.2) is 4.96 Å². The quantitative estimate of drug-likeness (QED) is 0.759. The normalized spacial score (nSPS) is 10.4. The van der Waals surface area contributed by atoms with Crippen LogP contribution in [0.3, 0.4) is 0 Å². The maximum Gasteiger partial charge on any atom is 0.323 e. The van der Waals surface area contributed by atoms with Gasteiger partial charge in [-0.1, -0.05) is 18.2 Å². The summed E-state index contributed by atoms with van der Waals surface area (Å²) in [6.45, 7) is 0. The topological polar surface area (TPSA) is 75.5 Å². The van der Waals surface area contributed by atoms with Crippen molar-refractivity contribution in [2.75, 3.05) is 10.6 Å². The van der Waals surface area contributed by atoms with E-state index in [1.807, 2.05) is 18.2 Å². The van der Waals surface area contributed by atoms with Crippen LogP contribution in [0, 0.1) is 0 Å². The zero-order valence-corrected chi connectivity index (χ0v) is 11.1. The van der Waals surface area contributed by atoms with Crippen molar-refractivity contribution < 1.29 is 4.79 Å². The molecule has 0 saturated carbocycles. The molecule has 0 unspecified atom stereocenters. The van der Waals surface area contributed by atoms with Gasteiger partial charge in [0.25, 0.3) is 5.56 Å². The van der Waals surface area contributed by atoms with E-state index in [1.54, 1.807) is 23.7 Å². The van der Waals surface area contributed by atoms with E-state index in [-0.39, 0.29) is 11.2 Å². The SMILES string of the molecule is O=C(Nc1ccccc1)Nc1cnc2sccn2c1=O. The monoisotopic (exact) mass is 286 g/mol. The molecule has 2 N–H and O–H groups in total. The summed E-state index contributed by atoms with van der Waals surface area (Å²) < 4.78 is 1.39. The van der Waals surface area contributed by atoms with Crippen LogP contribution in [0.5, 0.6) is 0 Å². The molecule has 6 nitrogen and oxygen atoms in total. The molecule has 0 atom stereocenters. The number of fused-ring (bicyclic) bond motifs is 1. The van der Waals surface area contributed by atoms with Crippen LogP contribution < -0.4 is 16.2 Å². The molecule has 0 fully saturated rings. The summed E-state index contributed by atoms with van der Waals surface area (Å²) in [5, 5.41) is 6.90. The molecule has 3 aromatic rings. The second-order valence-electron chi connectivity index (χ2n) is 3.98. The van der Waals surface area contributed by atoms with Crippen molar-refractivity contribution in [3.63, 3.8) is 0 Å². The molecule has 2 heterocycles. The molecule has 0 saturated heterocycles. The first-order valence-corrected chi connectivity index (χ1v) is 6.70. The van der Waals surface area contributed by atoms with Gasteiger partial charge in [0.05, 0.1) is 6.20 Å². The molecule has 7 heteroatoms. The molecule has 0 aliphatic rings. The van der Waals surface area contributed by atoms with E-state index >= 15 is 0 Å². The Balaban J connectivity index is 1.81. The number of anilines is 2. The summed E-state index contributed by atoms with van der Waals surface area (Å²) in [6, 6.07) is 8.50. The maximum absolute atomic E-state index is 12.1. The van der Waals surface area contributed by atoms with Crippen molar-refractivity contribution in [2.45, 2.75) is 0 Å². The second kappa shape index (κ2) is 5.14. The van der Waals surface area contributed by atoms with Gasteiger partial charge in [0, 0.05) is 17.3 Å². The molecular weight excluding hydrogens is 276 g/mol. The van der Waals surface area contributed by atoms with Gasteiger partial charge in [-0.2, -0.15) is 0 Å². The fourth-order valence-corrected chi connectivity index (χ4v) is 2.39. The summed E-state index contributed by atoms with van der Waals surface area (Å²) >= 11 is 1.36. The summed E-state index contributed by atoms with van der Waals surface area (Å²) in [5.41, 5.74) is 0.475. The number of para-hydroxylation sites is 1. The molecule has 3 rings (SSSR count). The maximum atomic E-state index is 12.1. The van der Waals surface area contributed by atoms with Crippen LogP contribution in [0.15, 0.2) is 52.9 Å². The highest BCUT2D eigenvalue weighted by atomic mass is 32.1. The van der Waals surface area contributed by atoms with Gasteiger partial charge in [0.1, 0.15) is 5.69 Å². The fourth-order valence-electron chi connectivity index (χ4n) is 1.72. The Hall–Kier alpha value is -2.67. The fraction of sp³-hybridized carbons (Fsp3) is 0. The number of urea groups is 1. The standard InChI is InChI=1S/C13H10N4O2S/c18-11-10(8-14-13-17(11)6-7-20-13)16-12(19)15-9-4-2-1-3-5-9/h1-8H,(H2,15,16,19). The van der Waals surface area contributed by atoms with Crippen molar-refractivity contribution in [3.8, 4) is 0 Å². The van der Waals surface area contributed by atoms with Gasteiger partial charge in [-0.3, -0.25) is 9.20 Å². The van der Waals surface area contributed by atoms with Crippen LogP contribution in [0.1, 0.15) is 0 Å². The van der Waals surface area contributed by atoms with Gasteiger partial charge in [-0.15, -0.1) is 11.3 Å². The predicted molar refractivity (Wildman–Crippen MR) is 78.4 cm³/mol. The van der Waals surface area contributed by atoms with E-state index in [0.717, 1.165) is 0 Å². The first kappa shape index (κ1) is 12.4. The van der Waals surface area contributed by atoms with Gasteiger partial charge in [-0.25, -0.2) is 9.78 Å². The van der Waals surface area contributed by atoms with E-state index < -0.39 is 6.03 Å². The number of hydrogen-bond donors (Lipinski definition) is 2. The van der Waals surface area contributed by atoms with Crippen LogP contribution in [0.2, 0.25) is 0 Å². The van der Waals surface area contributed by atoms with E-state index in [9.17, 15) is 9.59 Å². The summed E-state index contributed by atoms with van der Waals surface area (Å²) in [7, 11) is 0.